The lowest BCUT2D eigenvalue weighted by Crippen LogP contribution is -2.30. The van der Waals surface area contributed by atoms with Gasteiger partial charge in [0.2, 0.25) is 0 Å². The first kappa shape index (κ1) is 6.77. The predicted octanol–water partition coefficient (Wildman–Crippen LogP) is 1.10. The molecule has 0 amide bonds. The maximum atomic E-state index is 5.21. The summed E-state index contributed by atoms with van der Waals surface area (Å²) >= 11 is 2.18. The van der Waals surface area contributed by atoms with Crippen molar-refractivity contribution in [1.82, 2.24) is 3.53 Å². The fourth-order valence-electron chi connectivity index (χ4n) is 0.827. The molecule has 0 saturated carbocycles. The number of nitrogens with one attached hydrogen (secondary N) is 1. The van der Waals surface area contributed by atoms with Gasteiger partial charge in [0.15, 0.2) is 0 Å². The lowest BCUT2D eigenvalue weighted by molar-refractivity contribution is 0.0796. The average Bonchev–Trinajstić information content (AvgIpc) is 1.90. The van der Waals surface area contributed by atoms with Crippen LogP contribution in [-0.2, 0) is 4.74 Å². The second-order valence-corrected chi connectivity index (χ2v) is 2.65. The maximum Gasteiger partial charge on any atom is 0.0627 e. The zero-order valence-corrected chi connectivity index (χ0v) is 6.85. The van der Waals surface area contributed by atoms with E-state index in [2.05, 4.69) is 26.4 Å². The lowest BCUT2D eigenvalue weighted by atomic mass is 10.1. The molecular weight excluding hydrogens is 217 g/mol. The summed E-state index contributed by atoms with van der Waals surface area (Å²) in [6.07, 6.45) is 2.48. The molecular formula is C5H10INO. The summed E-state index contributed by atoms with van der Waals surface area (Å²) in [6.45, 7) is 1.84. The highest BCUT2D eigenvalue weighted by Gasteiger charge is 2.10. The number of rotatable bonds is 1. The van der Waals surface area contributed by atoms with Crippen molar-refractivity contribution in [3.63, 3.8) is 0 Å². The molecule has 1 heterocycles. The fourth-order valence-corrected chi connectivity index (χ4v) is 1.32. The van der Waals surface area contributed by atoms with Gasteiger partial charge in [-0.05, 0) is 12.8 Å². The van der Waals surface area contributed by atoms with Crippen molar-refractivity contribution in [2.24, 2.45) is 0 Å². The van der Waals surface area contributed by atoms with Crippen LogP contribution in [0.15, 0.2) is 0 Å². The Balaban J connectivity index is 2.13. The number of hydrogen-bond acceptors (Lipinski definition) is 2. The highest BCUT2D eigenvalue weighted by Crippen LogP contribution is 2.05. The van der Waals surface area contributed by atoms with Gasteiger partial charge in [-0.15, -0.1) is 0 Å². The van der Waals surface area contributed by atoms with Crippen molar-refractivity contribution < 1.29 is 4.74 Å². The van der Waals surface area contributed by atoms with E-state index in [9.17, 15) is 0 Å². The van der Waals surface area contributed by atoms with E-state index in [0.29, 0.717) is 6.04 Å². The first-order valence-electron chi connectivity index (χ1n) is 2.87. The molecule has 1 aliphatic heterocycles. The van der Waals surface area contributed by atoms with Crippen molar-refractivity contribution in [1.29, 1.82) is 0 Å². The molecule has 3 heteroatoms. The second-order valence-electron chi connectivity index (χ2n) is 2.02. The molecule has 1 atom stereocenters. The van der Waals surface area contributed by atoms with Gasteiger partial charge in [-0.2, -0.15) is 0 Å². The summed E-state index contributed by atoms with van der Waals surface area (Å²) in [6, 6.07) is 0.601. The Kier molecular flexibility index (Phi) is 3.07. The van der Waals surface area contributed by atoms with Crippen LogP contribution in [0.5, 0.6) is 0 Å². The molecule has 0 aromatic carbocycles. The zero-order valence-electron chi connectivity index (χ0n) is 4.69. The minimum Gasteiger partial charge on any atom is -0.380 e. The maximum absolute atomic E-state index is 5.21. The van der Waals surface area contributed by atoms with Crippen LogP contribution in [0.3, 0.4) is 0 Å². The molecule has 48 valence electrons. The number of ether oxygens (including phenoxy) is 1. The minimum atomic E-state index is 0.601. The smallest absolute Gasteiger partial charge is 0.0627 e. The Morgan fingerprint density at radius 1 is 1.62 bits per heavy atom. The van der Waals surface area contributed by atoms with Crippen LogP contribution in [0.25, 0.3) is 0 Å². The van der Waals surface area contributed by atoms with E-state index in [-0.39, 0.29) is 0 Å². The Labute approximate surface area is 63.5 Å². The first-order valence-corrected chi connectivity index (χ1v) is 3.95. The van der Waals surface area contributed by atoms with Crippen LogP contribution >= 0.6 is 22.9 Å². The predicted molar refractivity (Wildman–Crippen MR) is 41.0 cm³/mol. The Morgan fingerprint density at radius 2 is 2.50 bits per heavy atom. The summed E-state index contributed by atoms with van der Waals surface area (Å²) in [7, 11) is 0. The van der Waals surface area contributed by atoms with Crippen LogP contribution in [0.4, 0.5) is 0 Å². The van der Waals surface area contributed by atoms with Crippen LogP contribution in [0.1, 0.15) is 12.8 Å². The summed E-state index contributed by atoms with van der Waals surface area (Å²) < 4.78 is 8.35. The minimum absolute atomic E-state index is 0.601. The first-order chi connectivity index (χ1) is 3.93. The SMILES string of the molecule is INC1CCCOC1. The fraction of sp³-hybridized carbons (Fsp3) is 1.00. The lowest BCUT2D eigenvalue weighted by Gasteiger charge is -2.19. The van der Waals surface area contributed by atoms with Gasteiger partial charge in [0.25, 0.3) is 0 Å². The quantitative estimate of drug-likeness (QED) is 0.535. The molecule has 0 aromatic heterocycles. The van der Waals surface area contributed by atoms with E-state index in [4.69, 9.17) is 4.74 Å². The molecule has 0 aliphatic carbocycles. The van der Waals surface area contributed by atoms with Gasteiger partial charge in [0, 0.05) is 35.5 Å². The standard InChI is InChI=1S/C5H10INO/c6-7-5-2-1-3-8-4-5/h5,7H,1-4H2. The Bertz CT molecular complexity index is 63.4. The largest absolute Gasteiger partial charge is 0.380 e. The van der Waals surface area contributed by atoms with E-state index in [0.717, 1.165) is 13.2 Å². The zero-order chi connectivity index (χ0) is 5.82. The van der Waals surface area contributed by atoms with Gasteiger partial charge < -0.3 is 4.74 Å². The van der Waals surface area contributed by atoms with Gasteiger partial charge in [0.05, 0.1) is 6.61 Å². The van der Waals surface area contributed by atoms with E-state index in [1.807, 2.05) is 0 Å². The number of hydrogen-bond donors (Lipinski definition) is 1. The molecule has 2 nitrogen and oxygen atoms in total. The van der Waals surface area contributed by atoms with E-state index >= 15 is 0 Å². The monoisotopic (exact) mass is 227 g/mol. The summed E-state index contributed by atoms with van der Waals surface area (Å²) in [5, 5.41) is 0. The van der Waals surface area contributed by atoms with Crippen molar-refractivity contribution in [3.8, 4) is 0 Å². The van der Waals surface area contributed by atoms with Gasteiger partial charge in [-0.25, -0.2) is 0 Å². The normalized spacial score (nSPS) is 30.4. The molecule has 1 saturated heterocycles. The van der Waals surface area contributed by atoms with Gasteiger partial charge >= 0.3 is 0 Å². The highest BCUT2D eigenvalue weighted by molar-refractivity contribution is 14.1. The molecule has 1 N–H and O–H groups in total. The molecule has 1 fully saturated rings. The van der Waals surface area contributed by atoms with Crippen molar-refractivity contribution in [2.75, 3.05) is 13.2 Å². The van der Waals surface area contributed by atoms with Gasteiger partial charge in [-0.1, -0.05) is 0 Å². The Hall–Kier alpha value is 0.650. The van der Waals surface area contributed by atoms with Crippen molar-refractivity contribution >= 4 is 22.9 Å². The molecule has 0 aromatic rings. The average molecular weight is 227 g/mol. The highest BCUT2D eigenvalue weighted by atomic mass is 127. The molecule has 0 spiro atoms. The summed E-state index contributed by atoms with van der Waals surface area (Å²) in [4.78, 5) is 0. The number of halogens is 1. The molecule has 1 rings (SSSR count). The molecule has 0 bridgehead atoms. The third-order valence-corrected chi connectivity index (χ3v) is 2.20. The topological polar surface area (TPSA) is 21.3 Å². The third kappa shape index (κ3) is 1.87. The molecule has 8 heavy (non-hydrogen) atoms. The molecule has 0 radical (unpaired) electrons. The summed E-state index contributed by atoms with van der Waals surface area (Å²) in [5.41, 5.74) is 0. The van der Waals surface area contributed by atoms with Crippen molar-refractivity contribution in [3.05, 3.63) is 0 Å². The molecule has 1 unspecified atom stereocenters. The third-order valence-electron chi connectivity index (χ3n) is 1.31. The van der Waals surface area contributed by atoms with Crippen LogP contribution in [0, 0.1) is 0 Å². The van der Waals surface area contributed by atoms with Crippen LogP contribution < -0.4 is 3.53 Å². The van der Waals surface area contributed by atoms with Gasteiger partial charge in [0.1, 0.15) is 0 Å². The van der Waals surface area contributed by atoms with E-state index in [1.54, 1.807) is 0 Å². The van der Waals surface area contributed by atoms with Crippen molar-refractivity contribution in [2.45, 2.75) is 18.9 Å². The van der Waals surface area contributed by atoms with E-state index in [1.165, 1.54) is 12.8 Å². The molecule has 1 aliphatic rings. The van der Waals surface area contributed by atoms with Crippen LogP contribution in [-0.4, -0.2) is 19.3 Å². The van der Waals surface area contributed by atoms with Crippen LogP contribution in [0.2, 0.25) is 0 Å². The van der Waals surface area contributed by atoms with E-state index < -0.39 is 0 Å². The summed E-state index contributed by atoms with van der Waals surface area (Å²) in [5.74, 6) is 0. The second kappa shape index (κ2) is 3.63. The Morgan fingerprint density at radius 3 is 2.88 bits per heavy atom. The van der Waals surface area contributed by atoms with Gasteiger partial charge in [-0.3, -0.25) is 3.53 Å².